The average Bonchev–Trinajstić information content (AvgIpc) is 2.89. The summed E-state index contributed by atoms with van der Waals surface area (Å²) < 4.78 is 0. The highest BCUT2D eigenvalue weighted by molar-refractivity contribution is 5.76. The molecule has 1 aliphatic heterocycles. The molecule has 0 saturated carbocycles. The predicted octanol–water partition coefficient (Wildman–Crippen LogP) is 4.34. The van der Waals surface area contributed by atoms with Crippen molar-refractivity contribution < 1.29 is 14.7 Å². The molecule has 1 aliphatic rings. The molecule has 24 heavy (non-hydrogen) atoms. The van der Waals surface area contributed by atoms with E-state index in [0.29, 0.717) is 18.1 Å². The maximum atomic E-state index is 12.2. The van der Waals surface area contributed by atoms with Crippen LogP contribution in [0.15, 0.2) is 0 Å². The molecule has 142 valence electrons. The number of amides is 1. The predicted molar refractivity (Wildman–Crippen MR) is 99.9 cm³/mol. The number of carbonyl (C=O) groups excluding carboxylic acids is 2. The number of unbranched alkanes of at least 4 members (excludes halogenated alkanes) is 7. The minimum absolute atomic E-state index is 0. The molecule has 2 atom stereocenters. The highest BCUT2D eigenvalue weighted by Gasteiger charge is 2.31. The lowest BCUT2D eigenvalue weighted by Gasteiger charge is -2.23. The Labute approximate surface area is 149 Å². The van der Waals surface area contributed by atoms with E-state index in [-0.39, 0.29) is 26.0 Å². The normalized spacial score (nSPS) is 20.0. The van der Waals surface area contributed by atoms with Gasteiger partial charge in [-0.25, -0.2) is 0 Å². The van der Waals surface area contributed by atoms with Gasteiger partial charge in [-0.05, 0) is 32.1 Å². The molecule has 0 aromatic carbocycles. The second kappa shape index (κ2) is 13.4. The van der Waals surface area contributed by atoms with Gasteiger partial charge in [0, 0.05) is 19.4 Å². The standard InChI is InChI=1S/C19H35NO3.CH4/c1-16-13-18(15-21)20(14-16)19(23)12-10-8-6-4-3-5-7-9-11-17(2)22;/h16,18,21H,3-15H2,1-2H3;1H4/t16-,18+;/m1./s1. The monoisotopic (exact) mass is 341 g/mol. The van der Waals surface area contributed by atoms with Gasteiger partial charge in [0.1, 0.15) is 5.78 Å². The van der Waals surface area contributed by atoms with Crippen molar-refractivity contribution in [1.82, 2.24) is 4.90 Å². The quantitative estimate of drug-likeness (QED) is 0.537. The number of aliphatic hydroxyl groups excluding tert-OH is 1. The Morgan fingerprint density at radius 2 is 1.46 bits per heavy atom. The van der Waals surface area contributed by atoms with Crippen molar-refractivity contribution in [1.29, 1.82) is 0 Å². The number of rotatable bonds is 12. The molecule has 0 unspecified atom stereocenters. The number of nitrogens with zero attached hydrogens (tertiary/aromatic N) is 1. The number of ketones is 1. The maximum Gasteiger partial charge on any atom is 0.222 e. The Morgan fingerprint density at radius 3 is 1.96 bits per heavy atom. The van der Waals surface area contributed by atoms with Crippen LogP contribution in [0.1, 0.15) is 91.9 Å². The SMILES string of the molecule is C.CC(=O)CCCCCCCCCCC(=O)N1C[C@H](C)C[C@H]1CO. The van der Waals surface area contributed by atoms with Gasteiger partial charge in [0.15, 0.2) is 0 Å². The third-order valence-corrected chi connectivity index (χ3v) is 4.82. The van der Waals surface area contributed by atoms with Crippen molar-refractivity contribution in [3.63, 3.8) is 0 Å². The van der Waals surface area contributed by atoms with Gasteiger partial charge in [-0.15, -0.1) is 0 Å². The Kier molecular flexibility index (Phi) is 12.9. The van der Waals surface area contributed by atoms with Crippen LogP contribution in [0.25, 0.3) is 0 Å². The Morgan fingerprint density at radius 1 is 0.958 bits per heavy atom. The Bertz CT molecular complexity index is 357. The van der Waals surface area contributed by atoms with E-state index >= 15 is 0 Å². The van der Waals surface area contributed by atoms with E-state index < -0.39 is 0 Å². The summed E-state index contributed by atoms with van der Waals surface area (Å²) in [6.07, 6.45) is 11.4. The first-order valence-corrected chi connectivity index (χ1v) is 9.44. The fourth-order valence-corrected chi connectivity index (χ4v) is 3.48. The molecule has 0 bridgehead atoms. The fourth-order valence-electron chi connectivity index (χ4n) is 3.48. The second-order valence-corrected chi connectivity index (χ2v) is 7.25. The fraction of sp³-hybridized carbons (Fsp3) is 0.900. The number of carbonyl (C=O) groups is 2. The van der Waals surface area contributed by atoms with Gasteiger partial charge in [0.25, 0.3) is 0 Å². The number of likely N-dealkylation sites (tertiary alicyclic amines) is 1. The topological polar surface area (TPSA) is 57.6 Å². The van der Waals surface area contributed by atoms with E-state index in [0.717, 1.165) is 45.1 Å². The summed E-state index contributed by atoms with van der Waals surface area (Å²) in [4.78, 5) is 24.9. The smallest absolute Gasteiger partial charge is 0.222 e. The molecular weight excluding hydrogens is 302 g/mol. The summed E-state index contributed by atoms with van der Waals surface area (Å²) in [6.45, 7) is 4.71. The van der Waals surface area contributed by atoms with Gasteiger partial charge in [0.2, 0.25) is 5.91 Å². The molecule has 0 radical (unpaired) electrons. The first-order chi connectivity index (χ1) is 11.0. The summed E-state index contributed by atoms with van der Waals surface area (Å²) in [5.41, 5.74) is 0. The minimum Gasteiger partial charge on any atom is -0.394 e. The molecule has 4 nitrogen and oxygen atoms in total. The molecule has 0 spiro atoms. The highest BCUT2D eigenvalue weighted by atomic mass is 16.3. The number of hydrogen-bond donors (Lipinski definition) is 1. The van der Waals surface area contributed by atoms with Gasteiger partial charge in [-0.1, -0.05) is 52.9 Å². The van der Waals surface area contributed by atoms with E-state index in [1.165, 1.54) is 25.7 Å². The lowest BCUT2D eigenvalue weighted by Crippen LogP contribution is -2.37. The zero-order valence-electron chi connectivity index (χ0n) is 15.1. The molecule has 1 fully saturated rings. The van der Waals surface area contributed by atoms with Crippen LogP contribution in [0.5, 0.6) is 0 Å². The average molecular weight is 342 g/mol. The lowest BCUT2D eigenvalue weighted by molar-refractivity contribution is -0.133. The van der Waals surface area contributed by atoms with Crippen molar-refractivity contribution in [2.75, 3.05) is 13.2 Å². The molecule has 0 aromatic heterocycles. The van der Waals surface area contributed by atoms with Crippen LogP contribution < -0.4 is 0 Å². The largest absolute Gasteiger partial charge is 0.394 e. The first kappa shape index (κ1) is 23.1. The van der Waals surface area contributed by atoms with Gasteiger partial charge >= 0.3 is 0 Å². The van der Waals surface area contributed by atoms with E-state index in [2.05, 4.69) is 6.92 Å². The van der Waals surface area contributed by atoms with Crippen molar-refractivity contribution in [2.45, 2.75) is 97.9 Å². The lowest BCUT2D eigenvalue weighted by atomic mass is 10.1. The van der Waals surface area contributed by atoms with E-state index in [1.807, 2.05) is 4.90 Å². The van der Waals surface area contributed by atoms with Gasteiger partial charge in [-0.2, -0.15) is 0 Å². The molecular formula is C20H39NO3. The molecule has 0 aromatic rings. The number of aliphatic hydroxyl groups is 1. The van der Waals surface area contributed by atoms with Crippen LogP contribution in [0.2, 0.25) is 0 Å². The molecule has 1 amide bonds. The second-order valence-electron chi connectivity index (χ2n) is 7.25. The van der Waals surface area contributed by atoms with Crippen molar-refractivity contribution in [3.8, 4) is 0 Å². The Hall–Kier alpha value is -0.900. The summed E-state index contributed by atoms with van der Waals surface area (Å²) in [6, 6.07) is 0.0486. The highest BCUT2D eigenvalue weighted by Crippen LogP contribution is 2.23. The van der Waals surface area contributed by atoms with E-state index in [4.69, 9.17) is 0 Å². The molecule has 1 rings (SSSR count). The maximum absolute atomic E-state index is 12.2. The zero-order valence-corrected chi connectivity index (χ0v) is 15.1. The zero-order chi connectivity index (χ0) is 17.1. The third-order valence-electron chi connectivity index (χ3n) is 4.82. The van der Waals surface area contributed by atoms with Crippen LogP contribution in [-0.4, -0.2) is 40.9 Å². The number of hydrogen-bond acceptors (Lipinski definition) is 3. The van der Waals surface area contributed by atoms with E-state index in [1.54, 1.807) is 6.92 Å². The summed E-state index contributed by atoms with van der Waals surface area (Å²) in [5.74, 6) is 1.03. The van der Waals surface area contributed by atoms with Crippen LogP contribution in [0, 0.1) is 5.92 Å². The summed E-state index contributed by atoms with van der Waals surface area (Å²) in [7, 11) is 0. The minimum atomic E-state index is 0. The molecule has 1 heterocycles. The molecule has 1 saturated heterocycles. The molecule has 1 N–H and O–H groups in total. The van der Waals surface area contributed by atoms with Crippen molar-refractivity contribution in [3.05, 3.63) is 0 Å². The van der Waals surface area contributed by atoms with Crippen LogP contribution in [-0.2, 0) is 9.59 Å². The summed E-state index contributed by atoms with van der Waals surface area (Å²) >= 11 is 0. The van der Waals surface area contributed by atoms with Crippen molar-refractivity contribution >= 4 is 11.7 Å². The van der Waals surface area contributed by atoms with Crippen LogP contribution in [0.3, 0.4) is 0 Å². The van der Waals surface area contributed by atoms with Crippen molar-refractivity contribution in [2.24, 2.45) is 5.92 Å². The van der Waals surface area contributed by atoms with Gasteiger partial charge in [0.05, 0.1) is 12.6 Å². The molecule has 4 heteroatoms. The third kappa shape index (κ3) is 9.41. The van der Waals surface area contributed by atoms with Gasteiger partial charge in [-0.3, -0.25) is 4.79 Å². The Balaban J connectivity index is 0.00000529. The van der Waals surface area contributed by atoms with Gasteiger partial charge < -0.3 is 14.8 Å². The van der Waals surface area contributed by atoms with E-state index in [9.17, 15) is 14.7 Å². The summed E-state index contributed by atoms with van der Waals surface area (Å²) in [5, 5.41) is 9.35. The molecule has 0 aliphatic carbocycles. The number of Topliss-reactive ketones (excluding diaryl/α,β-unsaturated/α-hetero) is 1. The van der Waals surface area contributed by atoms with Crippen LogP contribution in [0.4, 0.5) is 0 Å². The van der Waals surface area contributed by atoms with Crippen LogP contribution >= 0.6 is 0 Å². The first-order valence-electron chi connectivity index (χ1n) is 9.44.